The first-order chi connectivity index (χ1) is 7.07. The highest BCUT2D eigenvalue weighted by Crippen LogP contribution is 1.97. The second-order valence-electron chi connectivity index (χ2n) is 3.74. The van der Waals surface area contributed by atoms with Gasteiger partial charge >= 0.3 is 0 Å². The minimum atomic E-state index is -0.490. The number of nitrogens with one attached hydrogen (secondary N) is 2. The molecule has 0 aromatic rings. The van der Waals surface area contributed by atoms with Gasteiger partial charge in [-0.3, -0.25) is 4.79 Å². The second kappa shape index (κ2) is 8.64. The van der Waals surface area contributed by atoms with Crippen LogP contribution in [-0.2, 0) is 4.79 Å². The van der Waals surface area contributed by atoms with Gasteiger partial charge in [-0.25, -0.2) is 0 Å². The Kier molecular flexibility index (Phi) is 8.27. The summed E-state index contributed by atoms with van der Waals surface area (Å²) in [5.74, 6) is -0.413. The quantitative estimate of drug-likeness (QED) is 0.309. The molecule has 0 aromatic carbocycles. The van der Waals surface area contributed by atoms with Crippen molar-refractivity contribution < 1.29 is 4.79 Å². The lowest BCUT2D eigenvalue weighted by Gasteiger charge is -2.14. The number of carbonyl (C=O) groups is 1. The van der Waals surface area contributed by atoms with Gasteiger partial charge in [-0.1, -0.05) is 13.3 Å². The molecular formula is C10H24N4O. The van der Waals surface area contributed by atoms with Crippen LogP contribution in [0.1, 0.15) is 33.1 Å². The van der Waals surface area contributed by atoms with E-state index in [2.05, 4.69) is 24.5 Å². The van der Waals surface area contributed by atoms with Crippen LogP contribution in [0.2, 0.25) is 0 Å². The molecule has 0 radical (unpaired) electrons. The van der Waals surface area contributed by atoms with Crippen molar-refractivity contribution in [3.05, 3.63) is 0 Å². The number of primary amides is 1. The van der Waals surface area contributed by atoms with E-state index >= 15 is 0 Å². The third-order valence-electron chi connectivity index (χ3n) is 2.27. The fraction of sp³-hybridized carbons (Fsp3) is 0.900. The molecule has 0 aliphatic carbocycles. The Labute approximate surface area is 92.0 Å². The highest BCUT2D eigenvalue weighted by Gasteiger charge is 2.07. The minimum absolute atomic E-state index is 0.333. The Balaban J connectivity index is 3.28. The molecule has 0 heterocycles. The summed E-state index contributed by atoms with van der Waals surface area (Å²) in [6.07, 6.45) is 2.94. The van der Waals surface area contributed by atoms with Gasteiger partial charge in [-0.2, -0.15) is 0 Å². The largest absolute Gasteiger partial charge is 0.368 e. The third-order valence-corrected chi connectivity index (χ3v) is 2.27. The molecular weight excluding hydrogens is 192 g/mol. The van der Waals surface area contributed by atoms with E-state index in [4.69, 9.17) is 11.5 Å². The zero-order valence-electron chi connectivity index (χ0n) is 9.75. The molecule has 2 atom stereocenters. The molecule has 0 aromatic heterocycles. The lowest BCUT2D eigenvalue weighted by atomic mass is 10.1. The van der Waals surface area contributed by atoms with Crippen LogP contribution in [0.4, 0.5) is 0 Å². The van der Waals surface area contributed by atoms with E-state index in [0.717, 1.165) is 25.9 Å². The minimum Gasteiger partial charge on any atom is -0.368 e. The highest BCUT2D eigenvalue weighted by molar-refractivity contribution is 5.79. The summed E-state index contributed by atoms with van der Waals surface area (Å²) < 4.78 is 0. The molecule has 0 bridgehead atoms. The van der Waals surface area contributed by atoms with Crippen molar-refractivity contribution in [3.63, 3.8) is 0 Å². The maximum Gasteiger partial charge on any atom is 0.234 e. The van der Waals surface area contributed by atoms with Gasteiger partial charge in [0.05, 0.1) is 12.2 Å². The SMILES string of the molecule is CCN[C@@H](C)NCCCC[C@H](N)C(N)=O. The fourth-order valence-corrected chi connectivity index (χ4v) is 1.33. The second-order valence-corrected chi connectivity index (χ2v) is 3.74. The molecule has 0 saturated heterocycles. The molecule has 5 nitrogen and oxygen atoms in total. The van der Waals surface area contributed by atoms with Gasteiger partial charge in [-0.05, 0) is 32.9 Å². The molecule has 0 spiro atoms. The molecule has 0 unspecified atom stereocenters. The summed E-state index contributed by atoms with van der Waals surface area (Å²) in [5.41, 5.74) is 10.5. The number of hydrogen-bond acceptors (Lipinski definition) is 4. The third kappa shape index (κ3) is 8.35. The molecule has 6 N–H and O–H groups in total. The molecule has 0 fully saturated rings. The van der Waals surface area contributed by atoms with Crippen LogP contribution in [0.15, 0.2) is 0 Å². The van der Waals surface area contributed by atoms with E-state index in [1.54, 1.807) is 0 Å². The molecule has 0 saturated carbocycles. The monoisotopic (exact) mass is 216 g/mol. The highest BCUT2D eigenvalue weighted by atomic mass is 16.1. The van der Waals surface area contributed by atoms with Gasteiger partial charge in [0.25, 0.3) is 0 Å². The topological polar surface area (TPSA) is 93.2 Å². The predicted octanol–water partition coefficient (Wildman–Crippen LogP) is -0.486. The lowest BCUT2D eigenvalue weighted by molar-refractivity contribution is -0.119. The zero-order valence-corrected chi connectivity index (χ0v) is 9.75. The fourth-order valence-electron chi connectivity index (χ4n) is 1.33. The van der Waals surface area contributed by atoms with Crippen molar-refractivity contribution in [3.8, 4) is 0 Å². The van der Waals surface area contributed by atoms with E-state index in [9.17, 15) is 4.79 Å². The van der Waals surface area contributed by atoms with Gasteiger partial charge in [0, 0.05) is 0 Å². The summed E-state index contributed by atoms with van der Waals surface area (Å²) in [6.45, 7) is 6.04. The first-order valence-electron chi connectivity index (χ1n) is 5.59. The molecule has 0 rings (SSSR count). The normalized spacial score (nSPS) is 14.9. The van der Waals surface area contributed by atoms with Gasteiger partial charge in [0.2, 0.25) is 5.91 Å². The van der Waals surface area contributed by atoms with E-state index in [1.807, 2.05) is 0 Å². The number of rotatable bonds is 9. The first kappa shape index (κ1) is 14.3. The Bertz CT molecular complexity index is 175. The van der Waals surface area contributed by atoms with Crippen LogP contribution in [0.5, 0.6) is 0 Å². The molecule has 5 heteroatoms. The van der Waals surface area contributed by atoms with E-state index < -0.39 is 11.9 Å². The van der Waals surface area contributed by atoms with Crippen LogP contribution in [-0.4, -0.2) is 31.2 Å². The van der Waals surface area contributed by atoms with Crippen molar-refractivity contribution in [1.82, 2.24) is 10.6 Å². The molecule has 0 aliphatic heterocycles. The van der Waals surface area contributed by atoms with Gasteiger partial charge in [-0.15, -0.1) is 0 Å². The van der Waals surface area contributed by atoms with E-state index in [-0.39, 0.29) is 0 Å². The maximum atomic E-state index is 10.6. The van der Waals surface area contributed by atoms with Gasteiger partial charge in [0.1, 0.15) is 0 Å². The first-order valence-corrected chi connectivity index (χ1v) is 5.59. The summed E-state index contributed by atoms with van der Waals surface area (Å²) in [7, 11) is 0. The summed E-state index contributed by atoms with van der Waals surface area (Å²) in [6, 6.07) is -0.490. The molecule has 1 amide bonds. The Morgan fingerprint density at radius 1 is 1.33 bits per heavy atom. The lowest BCUT2D eigenvalue weighted by Crippen LogP contribution is -2.40. The summed E-state index contributed by atoms with van der Waals surface area (Å²) in [5, 5.41) is 6.57. The Morgan fingerprint density at radius 3 is 2.53 bits per heavy atom. The van der Waals surface area contributed by atoms with E-state index in [1.165, 1.54) is 0 Å². The van der Waals surface area contributed by atoms with Crippen LogP contribution in [0, 0.1) is 0 Å². The summed E-state index contributed by atoms with van der Waals surface area (Å²) >= 11 is 0. The standard InChI is InChI=1S/C10H24N4O/c1-3-13-8(2)14-7-5-4-6-9(11)10(12)15/h8-9,13-14H,3-7,11H2,1-2H3,(H2,12,15)/t8-,9+/m1/s1. The van der Waals surface area contributed by atoms with E-state index in [0.29, 0.717) is 12.6 Å². The van der Waals surface area contributed by atoms with Crippen molar-refractivity contribution >= 4 is 5.91 Å². The average molecular weight is 216 g/mol. The number of hydrogen-bond donors (Lipinski definition) is 4. The molecule has 0 aliphatic rings. The van der Waals surface area contributed by atoms with Crippen LogP contribution < -0.4 is 22.1 Å². The van der Waals surface area contributed by atoms with Crippen molar-refractivity contribution in [2.45, 2.75) is 45.3 Å². The van der Waals surface area contributed by atoms with Crippen LogP contribution >= 0.6 is 0 Å². The number of nitrogens with two attached hydrogens (primary N) is 2. The van der Waals surface area contributed by atoms with Crippen LogP contribution in [0.25, 0.3) is 0 Å². The number of unbranched alkanes of at least 4 members (excludes halogenated alkanes) is 1. The predicted molar refractivity (Wildman–Crippen MR) is 62.2 cm³/mol. The van der Waals surface area contributed by atoms with Crippen molar-refractivity contribution in [2.75, 3.05) is 13.1 Å². The summed E-state index contributed by atoms with van der Waals surface area (Å²) in [4.78, 5) is 10.6. The molecule has 90 valence electrons. The van der Waals surface area contributed by atoms with Crippen molar-refractivity contribution in [2.24, 2.45) is 11.5 Å². The number of carbonyl (C=O) groups excluding carboxylic acids is 1. The Hall–Kier alpha value is -0.650. The average Bonchev–Trinajstić information content (AvgIpc) is 2.17. The maximum absolute atomic E-state index is 10.6. The van der Waals surface area contributed by atoms with Gasteiger partial charge in [0.15, 0.2) is 0 Å². The van der Waals surface area contributed by atoms with Gasteiger partial charge < -0.3 is 22.1 Å². The smallest absolute Gasteiger partial charge is 0.234 e. The zero-order chi connectivity index (χ0) is 11.7. The van der Waals surface area contributed by atoms with Crippen molar-refractivity contribution in [1.29, 1.82) is 0 Å². The Morgan fingerprint density at radius 2 is 2.00 bits per heavy atom. The van der Waals surface area contributed by atoms with Crippen LogP contribution in [0.3, 0.4) is 0 Å². The molecule has 15 heavy (non-hydrogen) atoms. The number of amides is 1.